The van der Waals surface area contributed by atoms with E-state index in [1.165, 1.54) is 18.0 Å². The van der Waals surface area contributed by atoms with Gasteiger partial charge >= 0.3 is 6.18 Å². The average Bonchev–Trinajstić information content (AvgIpc) is 3.98. The molecule has 0 bridgehead atoms. The summed E-state index contributed by atoms with van der Waals surface area (Å²) in [6.07, 6.45) is 0.441. The summed E-state index contributed by atoms with van der Waals surface area (Å²) in [5, 5.41) is 12.8. The molecule has 1 spiro atoms. The number of hydrogen-bond acceptors (Lipinski definition) is 9. The highest BCUT2D eigenvalue weighted by Gasteiger charge is 2.52. The molecule has 12 nitrogen and oxygen atoms in total. The first-order valence-corrected chi connectivity index (χ1v) is 16.9. The zero-order valence-corrected chi connectivity index (χ0v) is 27.7. The Morgan fingerprint density at radius 1 is 1.06 bits per heavy atom. The van der Waals surface area contributed by atoms with Crippen LogP contribution in [0.1, 0.15) is 72.7 Å². The maximum absolute atomic E-state index is 16.0. The van der Waals surface area contributed by atoms with Crippen molar-refractivity contribution in [1.29, 1.82) is 0 Å². The number of fused-ring (bicyclic) bond motifs is 1. The number of ether oxygens (including phenoxy) is 1. The molecule has 4 heterocycles. The predicted octanol–water partition coefficient (Wildman–Crippen LogP) is 3.68. The van der Waals surface area contributed by atoms with Gasteiger partial charge in [-0.25, -0.2) is 9.02 Å². The summed E-state index contributed by atoms with van der Waals surface area (Å²) in [6.45, 7) is 1.88. The van der Waals surface area contributed by atoms with Crippen LogP contribution in [0.4, 0.5) is 23.2 Å². The van der Waals surface area contributed by atoms with E-state index in [0.717, 1.165) is 36.6 Å². The summed E-state index contributed by atoms with van der Waals surface area (Å²) in [4.78, 5) is 44.9. The van der Waals surface area contributed by atoms with E-state index in [2.05, 4.69) is 30.5 Å². The highest BCUT2D eigenvalue weighted by molar-refractivity contribution is 6.01. The minimum Gasteiger partial charge on any atom is -0.487 e. The Morgan fingerprint density at radius 2 is 1.73 bits per heavy atom. The molecule has 2 aliphatic carbocycles. The Labute approximate surface area is 280 Å². The molecule has 2 aromatic rings. The number of alkyl halides is 3. The molecule has 1 unspecified atom stereocenters. The first kappa shape index (κ1) is 33.7. The Morgan fingerprint density at radius 3 is 2.33 bits per heavy atom. The number of likely N-dealkylation sites (N-methyl/N-ethyl adjacent to an activating group) is 1. The lowest BCUT2D eigenvalue weighted by molar-refractivity contribution is -0.199. The summed E-state index contributed by atoms with van der Waals surface area (Å²) in [7, 11) is 3.24. The van der Waals surface area contributed by atoms with E-state index in [1.807, 2.05) is 7.05 Å². The zero-order chi connectivity index (χ0) is 34.8. The molecule has 2 saturated heterocycles. The van der Waals surface area contributed by atoms with Crippen molar-refractivity contribution in [1.82, 2.24) is 30.3 Å². The molecule has 49 heavy (non-hydrogen) atoms. The van der Waals surface area contributed by atoms with Crippen molar-refractivity contribution in [3.8, 4) is 5.75 Å². The van der Waals surface area contributed by atoms with Gasteiger partial charge in [0, 0.05) is 37.7 Å². The number of amides is 3. The minimum atomic E-state index is -4.57. The van der Waals surface area contributed by atoms with Gasteiger partial charge in [-0.15, -0.1) is 0 Å². The monoisotopic (exact) mass is 691 g/mol. The van der Waals surface area contributed by atoms with Gasteiger partial charge in [0.15, 0.2) is 5.69 Å². The van der Waals surface area contributed by atoms with E-state index in [4.69, 9.17) is 4.74 Å². The number of carbonyl (C=O) groups excluding carboxylic acids is 3. The Kier molecular flexibility index (Phi) is 8.61. The number of likely N-dealkylation sites (tertiary alicyclic amines) is 1. The Balaban J connectivity index is 1.21. The van der Waals surface area contributed by atoms with Crippen LogP contribution in [0.15, 0.2) is 16.8 Å². The van der Waals surface area contributed by atoms with Crippen molar-refractivity contribution in [2.45, 2.75) is 81.8 Å². The molecule has 2 N–H and O–H groups in total. The van der Waals surface area contributed by atoms with Crippen LogP contribution in [0.2, 0.25) is 0 Å². The number of nitrogens with zero attached hydrogens (tertiary/aromatic N) is 5. The number of aromatic nitrogens is 2. The molecule has 5 aliphatic rings. The third-order valence-electron chi connectivity index (χ3n) is 11.0. The van der Waals surface area contributed by atoms with E-state index >= 15 is 4.39 Å². The molecule has 16 heteroatoms. The number of hydrogen-bond donors (Lipinski definition) is 2. The Hall–Kier alpha value is -3.79. The van der Waals surface area contributed by atoms with Crippen LogP contribution in [0.5, 0.6) is 5.75 Å². The lowest BCUT2D eigenvalue weighted by Crippen LogP contribution is -2.62. The van der Waals surface area contributed by atoms with E-state index in [-0.39, 0.29) is 52.6 Å². The highest BCUT2D eigenvalue weighted by atomic mass is 19.4. The van der Waals surface area contributed by atoms with E-state index in [0.29, 0.717) is 25.9 Å². The third-order valence-corrected chi connectivity index (χ3v) is 11.0. The van der Waals surface area contributed by atoms with Gasteiger partial charge in [0.2, 0.25) is 11.8 Å². The first-order chi connectivity index (χ1) is 23.2. The second-order valence-corrected chi connectivity index (χ2v) is 14.6. The van der Waals surface area contributed by atoms with Crippen molar-refractivity contribution in [3.63, 3.8) is 0 Å². The lowest BCUT2D eigenvalue weighted by atomic mass is 9.79. The fraction of sp³-hybridized carbons (Fsp3) is 0.667. The van der Waals surface area contributed by atoms with Crippen LogP contribution in [0, 0.1) is 30.5 Å². The van der Waals surface area contributed by atoms with Crippen LogP contribution in [0.25, 0.3) is 0 Å². The molecule has 7 rings (SSSR count). The summed E-state index contributed by atoms with van der Waals surface area (Å²) in [5.41, 5.74) is -0.511. The van der Waals surface area contributed by atoms with Crippen LogP contribution in [0.3, 0.4) is 0 Å². The fourth-order valence-corrected chi connectivity index (χ4v) is 7.94. The predicted molar refractivity (Wildman–Crippen MR) is 166 cm³/mol. The topological polar surface area (TPSA) is 133 Å². The highest BCUT2D eigenvalue weighted by Crippen LogP contribution is 2.52. The number of nitrogens with one attached hydrogen (secondary N) is 2. The van der Waals surface area contributed by atoms with Crippen molar-refractivity contribution in [3.05, 3.63) is 34.9 Å². The second kappa shape index (κ2) is 12.5. The summed E-state index contributed by atoms with van der Waals surface area (Å²) >= 11 is 0. The van der Waals surface area contributed by atoms with Crippen molar-refractivity contribution >= 4 is 23.4 Å². The molecule has 3 atom stereocenters. The SMILES string of the molecule is Cc1nonc1C(=O)N[C@H](C(=O)Nc1cc2c(cc1F)C(N1C[C@@H](C(F)(F)F)N(C)CC1=O)CC1(CCN(C)CC1)O2)C(C1CC1)C1CC1. The first-order valence-electron chi connectivity index (χ1n) is 16.9. The standard InChI is InChI=1S/C33H41F4N7O5/c1-17-28(41-49-40-17)30(46)39-29(27(18-4-5-18)19-6-7-19)31(47)38-22-13-24-20(12-21(22)34)23(14-32(48-24)8-10-42(2)11-9-32)44-15-25(33(35,36)37)43(3)16-26(44)45/h12-13,18-19,23,25,27,29H,4-11,14-16H2,1-3H3,(H,38,47)(H,39,46)/t23?,25-,29-/m0/s1. The van der Waals surface area contributed by atoms with Gasteiger partial charge < -0.3 is 25.2 Å². The molecular weight excluding hydrogens is 650 g/mol. The van der Waals surface area contributed by atoms with Crippen molar-refractivity contribution in [2.75, 3.05) is 45.6 Å². The van der Waals surface area contributed by atoms with Crippen LogP contribution < -0.4 is 15.4 Å². The molecular formula is C33H41F4N7O5. The minimum absolute atomic E-state index is 0.0443. The number of anilines is 1. The third kappa shape index (κ3) is 6.73. The summed E-state index contributed by atoms with van der Waals surface area (Å²) < 4.78 is 69.4. The second-order valence-electron chi connectivity index (χ2n) is 14.6. The fourth-order valence-electron chi connectivity index (χ4n) is 7.94. The van der Waals surface area contributed by atoms with Gasteiger partial charge in [0.25, 0.3) is 5.91 Å². The number of benzene rings is 1. The summed E-state index contributed by atoms with van der Waals surface area (Å²) in [6, 6.07) is -1.20. The van der Waals surface area contributed by atoms with Crippen LogP contribution in [-0.2, 0) is 9.59 Å². The van der Waals surface area contributed by atoms with Gasteiger partial charge in [-0.1, -0.05) is 5.16 Å². The van der Waals surface area contributed by atoms with Gasteiger partial charge in [0.1, 0.15) is 34.9 Å². The van der Waals surface area contributed by atoms with Gasteiger partial charge in [-0.2, -0.15) is 13.2 Å². The maximum atomic E-state index is 16.0. The number of rotatable bonds is 8. The van der Waals surface area contributed by atoms with Gasteiger partial charge in [-0.05, 0) is 88.5 Å². The number of carbonyl (C=O) groups is 3. The normalized spacial score (nSPS) is 25.2. The van der Waals surface area contributed by atoms with E-state index < -0.39 is 66.5 Å². The molecule has 0 radical (unpaired) electrons. The van der Waals surface area contributed by atoms with Crippen LogP contribution in [-0.4, -0.2) is 107 Å². The van der Waals surface area contributed by atoms with Gasteiger partial charge in [0.05, 0.1) is 18.3 Å². The molecule has 1 aromatic carbocycles. The number of piperazine rings is 1. The number of piperidine rings is 1. The van der Waals surface area contributed by atoms with Gasteiger partial charge in [-0.3, -0.25) is 19.3 Å². The van der Waals surface area contributed by atoms with Crippen LogP contribution >= 0.6 is 0 Å². The van der Waals surface area contributed by atoms with E-state index in [1.54, 1.807) is 6.92 Å². The zero-order valence-electron chi connectivity index (χ0n) is 27.7. The van der Waals surface area contributed by atoms with E-state index in [9.17, 15) is 27.6 Å². The van der Waals surface area contributed by atoms with Crippen molar-refractivity contribution in [2.24, 2.45) is 17.8 Å². The number of halogens is 4. The quantitative estimate of drug-likeness (QED) is 0.398. The molecule has 3 aliphatic heterocycles. The van der Waals surface area contributed by atoms with Crippen molar-refractivity contribution < 1.29 is 41.3 Å². The molecule has 2 saturated carbocycles. The Bertz CT molecular complexity index is 1610. The number of aryl methyl sites for hydroxylation is 1. The molecule has 3 amide bonds. The molecule has 266 valence electrons. The maximum Gasteiger partial charge on any atom is 0.405 e. The summed E-state index contributed by atoms with van der Waals surface area (Å²) in [5.74, 6) is -2.01. The largest absolute Gasteiger partial charge is 0.487 e. The smallest absolute Gasteiger partial charge is 0.405 e. The molecule has 4 fully saturated rings. The molecule has 1 aromatic heterocycles. The lowest BCUT2D eigenvalue weighted by Gasteiger charge is -2.50. The average molecular weight is 692 g/mol.